The van der Waals surface area contributed by atoms with Gasteiger partial charge in [-0.1, -0.05) is 13.8 Å². The summed E-state index contributed by atoms with van der Waals surface area (Å²) in [5, 5.41) is 2.58. The number of anilines is 2. The maximum Gasteiger partial charge on any atom is 0.298 e. The maximum absolute atomic E-state index is 14.7. The number of nitrogens with zero attached hydrogens (tertiary/aromatic N) is 3. The number of amides is 1. The van der Waals surface area contributed by atoms with E-state index in [0.29, 0.717) is 30.2 Å². The molecule has 9 heteroatoms. The zero-order chi connectivity index (χ0) is 24.9. The Morgan fingerprint density at radius 1 is 1.20 bits per heavy atom. The van der Waals surface area contributed by atoms with Crippen LogP contribution < -0.4 is 15.0 Å². The molecule has 1 N–H and O–H groups in total. The van der Waals surface area contributed by atoms with Crippen molar-refractivity contribution in [3.8, 4) is 5.75 Å². The van der Waals surface area contributed by atoms with Crippen LogP contribution in [-0.4, -0.2) is 49.1 Å². The van der Waals surface area contributed by atoms with Crippen molar-refractivity contribution in [1.82, 2.24) is 9.88 Å². The molecular weight excluding hydrogens is 454 g/mol. The summed E-state index contributed by atoms with van der Waals surface area (Å²) in [5.74, 6) is -0.904. The lowest BCUT2D eigenvalue weighted by Crippen LogP contribution is -2.56. The molecule has 1 aromatic carbocycles. The van der Waals surface area contributed by atoms with Crippen LogP contribution in [0.5, 0.6) is 5.75 Å². The normalized spacial score (nSPS) is 24.3. The fraction of sp³-hybridized carbons (Fsp3) is 0.615. The molecule has 1 saturated heterocycles. The number of carbonyl (C=O) groups excluding carboxylic acids is 1. The van der Waals surface area contributed by atoms with E-state index in [2.05, 4.69) is 24.1 Å². The van der Waals surface area contributed by atoms with Gasteiger partial charge in [0.1, 0.15) is 0 Å². The lowest BCUT2D eigenvalue weighted by molar-refractivity contribution is 0.102. The molecule has 0 bridgehead atoms. The number of hydrogen-bond acceptors (Lipinski definition) is 6. The van der Waals surface area contributed by atoms with Gasteiger partial charge in [0.25, 0.3) is 11.9 Å². The monoisotopic (exact) mass is 490 g/mol. The Labute approximate surface area is 206 Å². The lowest BCUT2D eigenvalue weighted by Gasteiger charge is -2.49. The molecule has 2 heterocycles. The first kappa shape index (κ1) is 24.0. The lowest BCUT2D eigenvalue weighted by atomic mass is 9.75. The Balaban J connectivity index is 0.00000304. The largest absolute Gasteiger partial charge is 0.484 e. The quantitative estimate of drug-likeness (QED) is 0.513. The molecule has 192 valence electrons. The molecule has 3 fully saturated rings. The number of benzene rings is 1. The van der Waals surface area contributed by atoms with Crippen LogP contribution in [0.25, 0.3) is 0 Å². The third-order valence-electron chi connectivity index (χ3n) is 7.93. The number of ether oxygens (including phenoxy) is 1. The van der Waals surface area contributed by atoms with E-state index in [1.807, 2.05) is 23.9 Å². The summed E-state index contributed by atoms with van der Waals surface area (Å²) in [7, 11) is 3.73. The van der Waals surface area contributed by atoms with E-state index in [9.17, 15) is 13.6 Å². The Morgan fingerprint density at radius 2 is 1.83 bits per heavy atom. The molecule has 2 aliphatic carbocycles. The third-order valence-corrected chi connectivity index (χ3v) is 7.93. The van der Waals surface area contributed by atoms with Crippen LogP contribution in [0, 0.1) is 28.9 Å². The highest BCUT2D eigenvalue weighted by Gasteiger charge is 2.47. The van der Waals surface area contributed by atoms with Gasteiger partial charge in [0.05, 0.1) is 12.6 Å². The van der Waals surface area contributed by atoms with Crippen molar-refractivity contribution < 1.29 is 24.2 Å². The first-order valence-electron chi connectivity index (χ1n) is 12.6. The average Bonchev–Trinajstić information content (AvgIpc) is 3.18. The molecular formula is C26H36F2N4O3. The highest BCUT2D eigenvalue weighted by Crippen LogP contribution is 2.52. The summed E-state index contributed by atoms with van der Waals surface area (Å²) in [6.07, 6.45) is 4.88. The Bertz CT molecular complexity index is 1080. The highest BCUT2D eigenvalue weighted by molar-refractivity contribution is 6.03. The van der Waals surface area contributed by atoms with Crippen LogP contribution in [0.4, 0.5) is 20.5 Å². The molecule has 1 aliphatic heterocycles. The zero-order valence-corrected chi connectivity index (χ0v) is 20.9. The van der Waals surface area contributed by atoms with Gasteiger partial charge in [-0.05, 0) is 58.0 Å². The smallest absolute Gasteiger partial charge is 0.298 e. The minimum absolute atomic E-state index is 0. The van der Waals surface area contributed by atoms with E-state index in [4.69, 9.17) is 9.15 Å². The molecule has 3 aliphatic rings. The second-order valence-electron chi connectivity index (χ2n) is 10.8. The van der Waals surface area contributed by atoms with Crippen molar-refractivity contribution in [3.05, 3.63) is 35.2 Å². The van der Waals surface area contributed by atoms with E-state index >= 15 is 0 Å². The Kier molecular flexibility index (Phi) is 6.23. The van der Waals surface area contributed by atoms with Gasteiger partial charge in [0.2, 0.25) is 0 Å². The summed E-state index contributed by atoms with van der Waals surface area (Å²) in [4.78, 5) is 21.4. The van der Waals surface area contributed by atoms with Gasteiger partial charge in [-0.3, -0.25) is 4.79 Å². The minimum atomic E-state index is -0.828. The topological polar surface area (TPSA) is 70.8 Å². The van der Waals surface area contributed by atoms with Crippen LogP contribution >= 0.6 is 0 Å². The standard InChI is InChI=1S/C26H34F2N4O3.H2/c1-5-26(6-2)13-32(14-26)25-30-22(21(35-25)12-31(3)4)24(33)29-17-10-19(27)23(20(28)11-17)34-18-8-15-7-16(15)9-18;/h10-11,15-16,18H,5-9,12-14H2,1-4H3,(H,29,33);1H. The fourth-order valence-electron chi connectivity index (χ4n) is 5.50. The molecule has 7 nitrogen and oxygen atoms in total. The fourth-order valence-corrected chi connectivity index (χ4v) is 5.50. The van der Waals surface area contributed by atoms with Gasteiger partial charge in [0.15, 0.2) is 28.8 Å². The number of fused-ring (bicyclic) bond motifs is 1. The number of carbonyl (C=O) groups is 1. The second kappa shape index (κ2) is 9.08. The van der Waals surface area contributed by atoms with E-state index in [1.165, 1.54) is 6.42 Å². The van der Waals surface area contributed by atoms with Gasteiger partial charge >= 0.3 is 0 Å². The number of oxazole rings is 1. The summed E-state index contributed by atoms with van der Waals surface area (Å²) >= 11 is 0. The second-order valence-corrected chi connectivity index (χ2v) is 10.8. The number of halogens is 2. The summed E-state index contributed by atoms with van der Waals surface area (Å²) < 4.78 is 41.0. The molecule has 0 spiro atoms. The molecule has 2 aromatic rings. The van der Waals surface area contributed by atoms with Gasteiger partial charge in [-0.2, -0.15) is 4.98 Å². The molecule has 5 rings (SSSR count). The maximum atomic E-state index is 14.7. The number of aromatic nitrogens is 1. The van der Waals surface area contributed by atoms with Gasteiger partial charge < -0.3 is 24.3 Å². The average molecular weight is 491 g/mol. The molecule has 0 radical (unpaired) electrons. The molecule has 1 amide bonds. The minimum Gasteiger partial charge on any atom is -0.484 e. The first-order chi connectivity index (χ1) is 16.7. The van der Waals surface area contributed by atoms with Crippen LogP contribution in [0.3, 0.4) is 0 Å². The molecule has 35 heavy (non-hydrogen) atoms. The van der Waals surface area contributed by atoms with Gasteiger partial charge in [-0.15, -0.1) is 0 Å². The van der Waals surface area contributed by atoms with E-state index < -0.39 is 17.5 Å². The zero-order valence-electron chi connectivity index (χ0n) is 20.9. The predicted octanol–water partition coefficient (Wildman–Crippen LogP) is 5.32. The predicted molar refractivity (Wildman–Crippen MR) is 131 cm³/mol. The van der Waals surface area contributed by atoms with Gasteiger partial charge in [-0.25, -0.2) is 8.78 Å². The first-order valence-corrected chi connectivity index (χ1v) is 12.6. The van der Waals surface area contributed by atoms with Crippen molar-refractivity contribution >= 4 is 17.6 Å². The van der Waals surface area contributed by atoms with Crippen molar-refractivity contribution in [1.29, 1.82) is 0 Å². The number of hydrogen-bond donors (Lipinski definition) is 1. The van der Waals surface area contributed by atoms with Crippen molar-refractivity contribution in [3.63, 3.8) is 0 Å². The van der Waals surface area contributed by atoms with Crippen molar-refractivity contribution in [2.24, 2.45) is 17.3 Å². The van der Waals surface area contributed by atoms with Crippen molar-refractivity contribution in [2.75, 3.05) is 37.4 Å². The molecule has 2 unspecified atom stereocenters. The number of nitrogens with one attached hydrogen (secondary N) is 1. The highest BCUT2D eigenvalue weighted by atomic mass is 19.1. The van der Waals surface area contributed by atoms with E-state index in [1.54, 1.807) is 0 Å². The van der Waals surface area contributed by atoms with E-state index in [-0.39, 0.29) is 30.1 Å². The van der Waals surface area contributed by atoms with Crippen LogP contribution in [0.2, 0.25) is 0 Å². The summed E-state index contributed by atoms with van der Waals surface area (Å²) in [5.41, 5.74) is 0.369. The Morgan fingerprint density at radius 3 is 2.40 bits per heavy atom. The van der Waals surface area contributed by atoms with Crippen molar-refractivity contribution in [2.45, 2.75) is 58.6 Å². The SMILES string of the molecule is CCC1(CC)CN(c2nc(C(=O)Nc3cc(F)c(OC4CC5CC5C4)c(F)c3)c(CN(C)C)o2)C1.[HH]. The number of rotatable bonds is 9. The Hall–Kier alpha value is -2.68. The van der Waals surface area contributed by atoms with Crippen LogP contribution in [0.1, 0.15) is 63.6 Å². The van der Waals surface area contributed by atoms with Gasteiger partial charge in [0, 0.05) is 37.8 Å². The molecule has 2 saturated carbocycles. The third kappa shape index (κ3) is 4.75. The van der Waals surface area contributed by atoms with E-state index in [0.717, 1.165) is 50.9 Å². The molecule has 2 atom stereocenters. The summed E-state index contributed by atoms with van der Waals surface area (Å²) in [6, 6.07) is 2.58. The van der Waals surface area contributed by atoms with Crippen LogP contribution in [0.15, 0.2) is 16.5 Å². The molecule has 1 aromatic heterocycles. The van der Waals surface area contributed by atoms with Crippen LogP contribution in [-0.2, 0) is 6.54 Å². The summed E-state index contributed by atoms with van der Waals surface area (Å²) in [6.45, 7) is 6.37.